The molecular formula is C18H29N3O9S. The minimum atomic E-state index is -4.03. The van der Waals surface area contributed by atoms with Crippen molar-refractivity contribution in [3.8, 4) is 0 Å². The Hall–Kier alpha value is -2.41. The van der Waals surface area contributed by atoms with Crippen molar-refractivity contribution < 1.29 is 41.4 Å². The molecule has 0 aromatic carbocycles. The standard InChI is InChI=1S/C18H29N3O9S/c1-3-15(22)28-9-5-6-10-31(26,27)30-21-13-7-8-14(20(11-13)18(21)25)17(24)19-12-29-16(23)4-2/h13-14H,3-12H2,1-2H3,(H,19,24)/t13-,14+/m1/s1. The Morgan fingerprint density at radius 3 is 2.42 bits per heavy atom. The number of rotatable bonds is 12. The van der Waals surface area contributed by atoms with Crippen LogP contribution in [0.2, 0.25) is 0 Å². The molecule has 2 atom stereocenters. The van der Waals surface area contributed by atoms with E-state index in [0.717, 1.165) is 5.06 Å². The molecule has 176 valence electrons. The number of ether oxygens (including phenoxy) is 2. The summed E-state index contributed by atoms with van der Waals surface area (Å²) in [6.07, 6.45) is 1.69. The molecule has 0 radical (unpaired) electrons. The van der Waals surface area contributed by atoms with Crippen LogP contribution in [0.3, 0.4) is 0 Å². The van der Waals surface area contributed by atoms with E-state index >= 15 is 0 Å². The Labute approximate surface area is 181 Å². The molecule has 31 heavy (non-hydrogen) atoms. The summed E-state index contributed by atoms with van der Waals surface area (Å²) in [4.78, 5) is 48.4. The Morgan fingerprint density at radius 2 is 1.74 bits per heavy atom. The average Bonchev–Trinajstić information content (AvgIpc) is 2.97. The molecule has 0 aromatic rings. The fraction of sp³-hybridized carbons (Fsp3) is 0.778. The fourth-order valence-corrected chi connectivity index (χ4v) is 4.30. The van der Waals surface area contributed by atoms with Crippen LogP contribution in [0, 0.1) is 0 Å². The molecular weight excluding hydrogens is 434 g/mol. The molecule has 13 heteroatoms. The van der Waals surface area contributed by atoms with Gasteiger partial charge in [-0.1, -0.05) is 13.8 Å². The highest BCUT2D eigenvalue weighted by Crippen LogP contribution is 2.31. The highest BCUT2D eigenvalue weighted by Gasteiger charge is 2.49. The third-order valence-electron chi connectivity index (χ3n) is 4.93. The maximum Gasteiger partial charge on any atom is 0.346 e. The van der Waals surface area contributed by atoms with Crippen LogP contribution < -0.4 is 5.32 Å². The zero-order chi connectivity index (χ0) is 23.0. The first-order chi connectivity index (χ1) is 14.7. The SMILES string of the molecule is CCC(=O)OCCCCS(=O)(=O)ON1C(=O)N2C[C@H]1CC[C@H]2C(=O)NCOC(=O)CC. The van der Waals surface area contributed by atoms with Crippen molar-refractivity contribution in [2.45, 2.75) is 64.5 Å². The molecule has 2 aliphatic rings. The normalized spacial score (nSPS) is 20.5. The van der Waals surface area contributed by atoms with E-state index in [-0.39, 0.29) is 50.9 Å². The fourth-order valence-electron chi connectivity index (χ4n) is 3.24. The summed E-state index contributed by atoms with van der Waals surface area (Å²) in [6, 6.07) is -1.97. The third kappa shape index (κ3) is 7.06. The van der Waals surface area contributed by atoms with Crippen LogP contribution in [0.25, 0.3) is 0 Å². The minimum absolute atomic E-state index is 0.117. The van der Waals surface area contributed by atoms with Gasteiger partial charge in [-0.15, -0.1) is 4.28 Å². The van der Waals surface area contributed by atoms with Gasteiger partial charge in [0.2, 0.25) is 5.91 Å². The predicted molar refractivity (Wildman–Crippen MR) is 105 cm³/mol. The number of hydrogen-bond donors (Lipinski definition) is 1. The molecule has 3 amide bonds. The second-order valence-corrected chi connectivity index (χ2v) is 8.85. The number of urea groups is 1. The van der Waals surface area contributed by atoms with Crippen molar-refractivity contribution in [1.29, 1.82) is 0 Å². The Balaban J connectivity index is 1.83. The van der Waals surface area contributed by atoms with Crippen molar-refractivity contribution in [3.05, 3.63) is 0 Å². The van der Waals surface area contributed by atoms with Gasteiger partial charge in [-0.25, -0.2) is 4.79 Å². The second kappa shape index (κ2) is 11.3. The molecule has 2 fully saturated rings. The van der Waals surface area contributed by atoms with Crippen LogP contribution in [0.15, 0.2) is 0 Å². The minimum Gasteiger partial charge on any atom is -0.466 e. The molecule has 2 rings (SSSR count). The van der Waals surface area contributed by atoms with E-state index in [1.807, 2.05) is 0 Å². The number of hydroxylamine groups is 2. The van der Waals surface area contributed by atoms with Gasteiger partial charge in [0.25, 0.3) is 10.1 Å². The summed E-state index contributed by atoms with van der Waals surface area (Å²) in [6.45, 7) is 3.27. The number of carbonyl (C=O) groups is 4. The molecule has 0 unspecified atom stereocenters. The van der Waals surface area contributed by atoms with E-state index in [2.05, 4.69) is 5.32 Å². The van der Waals surface area contributed by atoms with Gasteiger partial charge in [0, 0.05) is 19.4 Å². The van der Waals surface area contributed by atoms with Crippen LogP contribution in [0.4, 0.5) is 4.79 Å². The lowest BCUT2D eigenvalue weighted by Crippen LogP contribution is -2.50. The topological polar surface area (TPSA) is 149 Å². The molecule has 0 aromatic heterocycles. The monoisotopic (exact) mass is 463 g/mol. The van der Waals surface area contributed by atoms with Gasteiger partial charge in [0.05, 0.1) is 18.4 Å². The zero-order valence-electron chi connectivity index (χ0n) is 17.7. The van der Waals surface area contributed by atoms with Crippen LogP contribution >= 0.6 is 0 Å². The second-order valence-electron chi connectivity index (χ2n) is 7.18. The van der Waals surface area contributed by atoms with Gasteiger partial charge in [-0.3, -0.25) is 14.4 Å². The summed E-state index contributed by atoms with van der Waals surface area (Å²) in [5.74, 6) is -1.64. The Bertz CT molecular complexity index is 786. The van der Waals surface area contributed by atoms with E-state index in [1.54, 1.807) is 13.8 Å². The number of esters is 2. The van der Waals surface area contributed by atoms with Gasteiger partial charge in [-0.05, 0) is 25.7 Å². The molecule has 2 aliphatic heterocycles. The van der Waals surface area contributed by atoms with E-state index in [1.165, 1.54) is 4.90 Å². The van der Waals surface area contributed by atoms with Crippen LogP contribution in [-0.4, -0.2) is 80.0 Å². The number of carbonyl (C=O) groups excluding carboxylic acids is 4. The van der Waals surface area contributed by atoms with Crippen molar-refractivity contribution >= 4 is 34.0 Å². The average molecular weight is 464 g/mol. The highest BCUT2D eigenvalue weighted by atomic mass is 32.2. The lowest BCUT2D eigenvalue weighted by Gasteiger charge is -2.29. The van der Waals surface area contributed by atoms with Crippen molar-refractivity contribution in [3.63, 3.8) is 0 Å². The number of hydrogen-bond acceptors (Lipinski definition) is 9. The molecule has 2 bridgehead atoms. The molecule has 12 nitrogen and oxygen atoms in total. The third-order valence-corrected chi connectivity index (χ3v) is 6.10. The largest absolute Gasteiger partial charge is 0.466 e. The van der Waals surface area contributed by atoms with E-state index < -0.39 is 40.1 Å². The number of unbranched alkanes of at least 4 members (excludes halogenated alkanes) is 1. The lowest BCUT2D eigenvalue weighted by atomic mass is 10.0. The lowest BCUT2D eigenvalue weighted by molar-refractivity contribution is -0.146. The summed E-state index contributed by atoms with van der Waals surface area (Å²) in [5, 5.41) is 3.26. The first kappa shape index (κ1) is 24.9. The summed E-state index contributed by atoms with van der Waals surface area (Å²) in [5.41, 5.74) is 0. The van der Waals surface area contributed by atoms with Gasteiger partial charge in [-0.2, -0.15) is 13.5 Å². The highest BCUT2D eigenvalue weighted by molar-refractivity contribution is 7.86. The van der Waals surface area contributed by atoms with Gasteiger partial charge in [0.1, 0.15) is 6.04 Å². The molecule has 2 heterocycles. The first-order valence-electron chi connectivity index (χ1n) is 10.3. The van der Waals surface area contributed by atoms with Gasteiger partial charge in [0.15, 0.2) is 6.73 Å². The maximum atomic E-state index is 12.6. The number of piperidine rings is 1. The van der Waals surface area contributed by atoms with Crippen LogP contribution in [0.5, 0.6) is 0 Å². The Morgan fingerprint density at radius 1 is 1.06 bits per heavy atom. The van der Waals surface area contributed by atoms with E-state index in [4.69, 9.17) is 13.8 Å². The number of fused-ring (bicyclic) bond motifs is 2. The maximum absolute atomic E-state index is 12.6. The van der Waals surface area contributed by atoms with Crippen LogP contribution in [-0.2, 0) is 38.3 Å². The summed E-state index contributed by atoms with van der Waals surface area (Å²) < 4.78 is 39.2. The number of nitrogens with one attached hydrogen (secondary N) is 1. The molecule has 0 aliphatic carbocycles. The first-order valence-corrected chi connectivity index (χ1v) is 11.9. The van der Waals surface area contributed by atoms with Gasteiger partial charge >= 0.3 is 18.0 Å². The molecule has 0 saturated carbocycles. The van der Waals surface area contributed by atoms with Crippen LogP contribution in [0.1, 0.15) is 52.4 Å². The number of nitrogens with zero attached hydrogens (tertiary/aromatic N) is 2. The molecule has 0 spiro atoms. The van der Waals surface area contributed by atoms with E-state index in [9.17, 15) is 27.6 Å². The van der Waals surface area contributed by atoms with Crippen molar-refractivity contribution in [1.82, 2.24) is 15.3 Å². The molecule has 2 saturated heterocycles. The van der Waals surface area contributed by atoms with Crippen molar-refractivity contribution in [2.75, 3.05) is 25.6 Å². The quantitative estimate of drug-likeness (QED) is 0.245. The summed E-state index contributed by atoms with van der Waals surface area (Å²) in [7, 11) is -4.03. The smallest absolute Gasteiger partial charge is 0.346 e. The summed E-state index contributed by atoms with van der Waals surface area (Å²) >= 11 is 0. The molecule has 1 N–H and O–H groups in total. The van der Waals surface area contributed by atoms with E-state index in [0.29, 0.717) is 19.3 Å². The van der Waals surface area contributed by atoms with Gasteiger partial charge < -0.3 is 19.7 Å². The van der Waals surface area contributed by atoms with Crippen molar-refractivity contribution in [2.24, 2.45) is 0 Å². The predicted octanol–water partition coefficient (Wildman–Crippen LogP) is 0.277. The Kier molecular flexibility index (Phi) is 9.04. The zero-order valence-corrected chi connectivity index (χ0v) is 18.5. The number of amides is 3.